The fourth-order valence-corrected chi connectivity index (χ4v) is 4.41. The zero-order valence-corrected chi connectivity index (χ0v) is 21.5. The highest BCUT2D eigenvalue weighted by Gasteiger charge is 2.36. The van der Waals surface area contributed by atoms with Gasteiger partial charge in [-0.3, -0.25) is 4.79 Å². The summed E-state index contributed by atoms with van der Waals surface area (Å²) in [5.74, 6) is 1.23. The van der Waals surface area contributed by atoms with Crippen molar-refractivity contribution in [2.45, 2.75) is 25.5 Å². The Hall–Kier alpha value is -3.22. The number of halogens is 1. The van der Waals surface area contributed by atoms with Crippen LogP contribution in [0.4, 0.5) is 11.4 Å². The topological polar surface area (TPSA) is 51.2 Å². The number of amides is 1. The first-order chi connectivity index (χ1) is 16.8. The molecule has 35 heavy (non-hydrogen) atoms. The Labute approximate surface area is 212 Å². The van der Waals surface area contributed by atoms with Crippen LogP contribution in [0.15, 0.2) is 60.7 Å². The van der Waals surface area contributed by atoms with Crippen LogP contribution in [0.2, 0.25) is 5.02 Å². The van der Waals surface area contributed by atoms with Crippen LogP contribution < -0.4 is 19.3 Å². The van der Waals surface area contributed by atoms with Crippen molar-refractivity contribution in [3.63, 3.8) is 0 Å². The number of hydrogen-bond donors (Lipinski definition) is 0. The average Bonchev–Trinajstić information content (AvgIpc) is 2.86. The minimum atomic E-state index is -0.346. The number of nitrogens with zero attached hydrogens (tertiary/aromatic N) is 2. The van der Waals surface area contributed by atoms with Gasteiger partial charge in [0.2, 0.25) is 5.91 Å². The lowest BCUT2D eigenvalue weighted by Gasteiger charge is -2.38. The molecule has 0 bridgehead atoms. The Morgan fingerprint density at radius 2 is 1.71 bits per heavy atom. The van der Waals surface area contributed by atoms with E-state index in [0.717, 1.165) is 28.1 Å². The van der Waals surface area contributed by atoms with Gasteiger partial charge in [-0.2, -0.15) is 0 Å². The first kappa shape index (κ1) is 24.9. The van der Waals surface area contributed by atoms with Crippen molar-refractivity contribution in [3.05, 3.63) is 82.4 Å². The van der Waals surface area contributed by atoms with E-state index in [4.69, 9.17) is 25.8 Å². The lowest BCUT2D eigenvalue weighted by atomic mass is 9.87. The largest absolute Gasteiger partial charge is 0.493 e. The number of benzene rings is 3. The summed E-state index contributed by atoms with van der Waals surface area (Å²) in [6, 6.07) is 19.2. The lowest BCUT2D eigenvalue weighted by molar-refractivity contribution is -0.118. The monoisotopic (exact) mass is 494 g/mol. The molecule has 0 N–H and O–H groups in total. The summed E-state index contributed by atoms with van der Waals surface area (Å²) in [4.78, 5) is 17.5. The van der Waals surface area contributed by atoms with Gasteiger partial charge in [-0.25, -0.2) is 0 Å². The van der Waals surface area contributed by atoms with Crippen LogP contribution in [-0.4, -0.2) is 46.9 Å². The van der Waals surface area contributed by atoms with E-state index in [1.807, 2.05) is 91.5 Å². The van der Waals surface area contributed by atoms with Crippen LogP contribution in [0.25, 0.3) is 0 Å². The van der Waals surface area contributed by atoms with Crippen molar-refractivity contribution in [1.29, 1.82) is 0 Å². The van der Waals surface area contributed by atoms with Gasteiger partial charge in [0.05, 0.1) is 25.7 Å². The first-order valence-corrected chi connectivity index (χ1v) is 11.9. The summed E-state index contributed by atoms with van der Waals surface area (Å²) in [6.07, 6.45) is 0.191. The van der Waals surface area contributed by atoms with Gasteiger partial charge in [0.1, 0.15) is 6.61 Å². The highest BCUT2D eigenvalue weighted by atomic mass is 35.5. The molecule has 3 aromatic carbocycles. The molecular formula is C28H31ClN2O4. The van der Waals surface area contributed by atoms with Crippen LogP contribution >= 0.6 is 11.6 Å². The second-order valence-electron chi connectivity index (χ2n) is 8.86. The van der Waals surface area contributed by atoms with Gasteiger partial charge >= 0.3 is 0 Å². The molecule has 0 unspecified atom stereocenters. The maximum atomic E-state index is 13.6. The molecule has 0 saturated heterocycles. The summed E-state index contributed by atoms with van der Waals surface area (Å²) in [6.45, 7) is 2.32. The molecule has 3 aromatic rings. The summed E-state index contributed by atoms with van der Waals surface area (Å²) in [5, 5.41) is 0.644. The van der Waals surface area contributed by atoms with E-state index < -0.39 is 0 Å². The minimum Gasteiger partial charge on any atom is -0.493 e. The van der Waals surface area contributed by atoms with Crippen LogP contribution in [0.5, 0.6) is 11.5 Å². The van der Waals surface area contributed by atoms with Crippen LogP contribution in [0, 0.1) is 0 Å². The van der Waals surface area contributed by atoms with Crippen molar-refractivity contribution >= 4 is 28.9 Å². The van der Waals surface area contributed by atoms with Gasteiger partial charge < -0.3 is 24.0 Å². The summed E-state index contributed by atoms with van der Waals surface area (Å²) >= 11 is 6.20. The number of rotatable bonds is 8. The van der Waals surface area contributed by atoms with Crippen LogP contribution in [0.1, 0.15) is 29.7 Å². The second kappa shape index (κ2) is 10.6. The molecule has 0 saturated carbocycles. The molecule has 0 spiro atoms. The van der Waals surface area contributed by atoms with E-state index in [0.29, 0.717) is 23.1 Å². The number of carbonyl (C=O) groups is 1. The van der Waals surface area contributed by atoms with Crippen molar-refractivity contribution in [1.82, 2.24) is 0 Å². The van der Waals surface area contributed by atoms with Crippen molar-refractivity contribution in [2.24, 2.45) is 0 Å². The van der Waals surface area contributed by atoms with Gasteiger partial charge in [0.15, 0.2) is 11.5 Å². The Morgan fingerprint density at radius 1 is 1.03 bits per heavy atom. The molecule has 0 aliphatic carbocycles. The normalized spacial score (nSPS) is 16.0. The summed E-state index contributed by atoms with van der Waals surface area (Å²) in [5.41, 5.74) is 4.76. The van der Waals surface area contributed by atoms with Crippen LogP contribution in [-0.2, 0) is 16.0 Å². The van der Waals surface area contributed by atoms with E-state index in [9.17, 15) is 4.79 Å². The molecule has 1 aliphatic heterocycles. The number of methoxy groups -OCH3 is 2. The van der Waals surface area contributed by atoms with Crippen LogP contribution in [0.3, 0.4) is 0 Å². The Morgan fingerprint density at radius 3 is 2.31 bits per heavy atom. The maximum Gasteiger partial charge on any atom is 0.232 e. The summed E-state index contributed by atoms with van der Waals surface area (Å²) in [7, 11) is 7.24. The van der Waals surface area contributed by atoms with Crippen molar-refractivity contribution in [2.75, 3.05) is 44.7 Å². The maximum absolute atomic E-state index is 13.6. The molecule has 0 radical (unpaired) electrons. The highest BCUT2D eigenvalue weighted by Crippen LogP contribution is 2.43. The molecule has 1 amide bonds. The zero-order valence-electron chi connectivity index (χ0n) is 20.7. The molecule has 1 heterocycles. The molecule has 184 valence electrons. The van der Waals surface area contributed by atoms with Gasteiger partial charge in [-0.15, -0.1) is 0 Å². The van der Waals surface area contributed by atoms with Gasteiger partial charge in [-0.05, 0) is 72.1 Å². The average molecular weight is 495 g/mol. The Kier molecular flexibility index (Phi) is 7.53. The highest BCUT2D eigenvalue weighted by molar-refractivity contribution is 6.30. The Balaban J connectivity index is 1.84. The zero-order chi connectivity index (χ0) is 25.1. The SMILES string of the molecule is COc1cc2c(cc1OC[C@@H](C)OC)[C@H](c1ccc(Cl)cc1)N(c1ccc(N(C)C)cc1)C(=O)C2. The molecular weight excluding hydrogens is 464 g/mol. The fourth-order valence-electron chi connectivity index (χ4n) is 4.28. The van der Waals surface area contributed by atoms with Gasteiger partial charge in [-0.1, -0.05) is 23.7 Å². The van der Waals surface area contributed by atoms with E-state index in [2.05, 4.69) is 0 Å². The van der Waals surface area contributed by atoms with Crippen molar-refractivity contribution in [3.8, 4) is 11.5 Å². The van der Waals surface area contributed by atoms with E-state index in [1.54, 1.807) is 14.2 Å². The fraction of sp³-hybridized carbons (Fsp3) is 0.321. The predicted octanol–water partition coefficient (Wildman–Crippen LogP) is 5.51. The lowest BCUT2D eigenvalue weighted by Crippen LogP contribution is -2.41. The molecule has 2 atom stereocenters. The Bertz CT molecular complexity index is 1180. The predicted molar refractivity (Wildman–Crippen MR) is 140 cm³/mol. The molecule has 0 fully saturated rings. The number of carbonyl (C=O) groups excluding carboxylic acids is 1. The van der Waals surface area contributed by atoms with E-state index in [1.165, 1.54) is 0 Å². The minimum absolute atomic E-state index is 0.0128. The summed E-state index contributed by atoms with van der Waals surface area (Å²) < 4.78 is 17.0. The smallest absolute Gasteiger partial charge is 0.232 e. The molecule has 7 heteroatoms. The van der Waals surface area contributed by atoms with Gasteiger partial charge in [0, 0.05) is 37.6 Å². The number of ether oxygens (including phenoxy) is 3. The third-order valence-corrected chi connectivity index (χ3v) is 6.55. The number of hydrogen-bond acceptors (Lipinski definition) is 5. The van der Waals surface area contributed by atoms with E-state index in [-0.39, 0.29) is 24.5 Å². The third-order valence-electron chi connectivity index (χ3n) is 6.29. The first-order valence-electron chi connectivity index (χ1n) is 11.5. The van der Waals surface area contributed by atoms with Crippen molar-refractivity contribution < 1.29 is 19.0 Å². The number of anilines is 2. The quantitative estimate of drug-likeness (QED) is 0.413. The van der Waals surface area contributed by atoms with E-state index >= 15 is 0 Å². The molecule has 0 aromatic heterocycles. The third kappa shape index (κ3) is 5.24. The second-order valence-corrected chi connectivity index (χ2v) is 9.30. The van der Waals surface area contributed by atoms with Gasteiger partial charge in [0.25, 0.3) is 0 Å². The molecule has 4 rings (SSSR count). The number of fused-ring (bicyclic) bond motifs is 1. The molecule has 1 aliphatic rings. The standard InChI is InChI=1S/C28H31ClN2O4/c1-18(33-4)17-35-26-16-24-20(14-25(26)34-5)15-27(32)31(23-12-10-22(11-13-23)30(2)3)28(24)19-6-8-21(29)9-7-19/h6-14,16,18,28H,15,17H2,1-5H3/t18-,28+/m1/s1. The molecule has 6 nitrogen and oxygen atoms in total.